The molecule has 0 aromatic heterocycles. The van der Waals surface area contributed by atoms with E-state index >= 15 is 0 Å². The predicted octanol–water partition coefficient (Wildman–Crippen LogP) is 3.55. The summed E-state index contributed by atoms with van der Waals surface area (Å²) in [5.41, 5.74) is 0.810. The molecule has 0 aliphatic carbocycles. The molecule has 1 N–H and O–H groups in total. The van der Waals surface area contributed by atoms with Crippen molar-refractivity contribution >= 4 is 22.4 Å². The van der Waals surface area contributed by atoms with Gasteiger partial charge in [0.05, 0.1) is 6.10 Å². The van der Waals surface area contributed by atoms with Gasteiger partial charge >= 0.3 is 0 Å². The molecule has 0 saturated heterocycles. The van der Waals surface area contributed by atoms with Gasteiger partial charge in [-0.1, -0.05) is 41.9 Å². The lowest BCUT2D eigenvalue weighted by Crippen LogP contribution is -1.93. The van der Waals surface area contributed by atoms with Crippen LogP contribution in [0.4, 0.5) is 0 Å². The lowest BCUT2D eigenvalue weighted by Gasteiger charge is -2.11. The maximum Gasteiger partial charge on any atom is 0.0782 e. The van der Waals surface area contributed by atoms with Crippen LogP contribution in [-0.4, -0.2) is 5.11 Å². The lowest BCUT2D eigenvalue weighted by molar-refractivity contribution is 0.201. The maximum atomic E-state index is 9.62. The van der Waals surface area contributed by atoms with Crippen LogP contribution in [0, 0.1) is 0 Å². The van der Waals surface area contributed by atoms with Crippen molar-refractivity contribution in [1.29, 1.82) is 0 Å². The number of rotatable bonds is 1. The largest absolute Gasteiger partial charge is 0.389 e. The van der Waals surface area contributed by atoms with E-state index in [1.165, 1.54) is 0 Å². The summed E-state index contributed by atoms with van der Waals surface area (Å²) in [5, 5.41) is 12.4. The third kappa shape index (κ3) is 1.49. The average molecular weight is 207 g/mol. The molecule has 72 valence electrons. The Morgan fingerprint density at radius 2 is 1.86 bits per heavy atom. The monoisotopic (exact) mass is 206 g/mol. The summed E-state index contributed by atoms with van der Waals surface area (Å²) in [4.78, 5) is 0. The molecule has 2 rings (SSSR count). The Hall–Kier alpha value is -1.05. The normalized spacial score (nSPS) is 13.1. The summed E-state index contributed by atoms with van der Waals surface area (Å²) in [6.45, 7) is 1.73. The topological polar surface area (TPSA) is 20.2 Å². The first-order valence-electron chi connectivity index (χ1n) is 4.55. The minimum Gasteiger partial charge on any atom is -0.389 e. The minimum absolute atomic E-state index is 0.534. The van der Waals surface area contributed by atoms with Crippen molar-refractivity contribution in [3.8, 4) is 0 Å². The van der Waals surface area contributed by atoms with Crippen LogP contribution in [0.3, 0.4) is 0 Å². The molecule has 2 heteroatoms. The third-order valence-electron chi connectivity index (χ3n) is 2.34. The fourth-order valence-electron chi connectivity index (χ4n) is 1.69. The molecule has 0 radical (unpaired) electrons. The van der Waals surface area contributed by atoms with E-state index in [0.717, 1.165) is 16.3 Å². The van der Waals surface area contributed by atoms with Crippen LogP contribution in [0.1, 0.15) is 18.6 Å². The van der Waals surface area contributed by atoms with Crippen molar-refractivity contribution in [2.75, 3.05) is 0 Å². The second-order valence-electron chi connectivity index (χ2n) is 3.36. The molecule has 0 unspecified atom stereocenters. The van der Waals surface area contributed by atoms with E-state index in [-0.39, 0.29) is 0 Å². The smallest absolute Gasteiger partial charge is 0.0782 e. The first-order valence-corrected chi connectivity index (χ1v) is 4.93. The Morgan fingerprint density at radius 3 is 2.57 bits per heavy atom. The van der Waals surface area contributed by atoms with E-state index in [2.05, 4.69) is 0 Å². The summed E-state index contributed by atoms with van der Waals surface area (Å²) in [5.74, 6) is 0. The second kappa shape index (κ2) is 3.60. The lowest BCUT2D eigenvalue weighted by atomic mass is 10.0. The van der Waals surface area contributed by atoms with Gasteiger partial charge in [-0.15, -0.1) is 0 Å². The molecule has 1 atom stereocenters. The van der Waals surface area contributed by atoms with E-state index in [0.29, 0.717) is 5.02 Å². The molecule has 0 aliphatic rings. The molecule has 14 heavy (non-hydrogen) atoms. The zero-order chi connectivity index (χ0) is 10.1. The van der Waals surface area contributed by atoms with Gasteiger partial charge in [0.1, 0.15) is 0 Å². The number of hydrogen-bond donors (Lipinski definition) is 1. The third-order valence-corrected chi connectivity index (χ3v) is 2.66. The summed E-state index contributed by atoms with van der Waals surface area (Å²) in [7, 11) is 0. The van der Waals surface area contributed by atoms with Gasteiger partial charge < -0.3 is 5.11 Å². The van der Waals surface area contributed by atoms with Gasteiger partial charge in [-0.05, 0) is 23.8 Å². The number of benzene rings is 2. The van der Waals surface area contributed by atoms with Crippen molar-refractivity contribution in [2.24, 2.45) is 0 Å². The van der Waals surface area contributed by atoms with Crippen LogP contribution in [0.5, 0.6) is 0 Å². The number of halogens is 1. The zero-order valence-corrected chi connectivity index (χ0v) is 8.62. The van der Waals surface area contributed by atoms with Gasteiger partial charge in [-0.2, -0.15) is 0 Å². The predicted molar refractivity (Wildman–Crippen MR) is 59.6 cm³/mol. The Labute approximate surface area is 87.9 Å². The molecular weight excluding hydrogens is 196 g/mol. The number of fused-ring (bicyclic) bond motifs is 1. The first-order chi connectivity index (χ1) is 6.70. The van der Waals surface area contributed by atoms with E-state index in [1.807, 2.05) is 36.4 Å². The summed E-state index contributed by atoms with van der Waals surface area (Å²) < 4.78 is 0. The van der Waals surface area contributed by atoms with E-state index in [4.69, 9.17) is 11.6 Å². The van der Waals surface area contributed by atoms with Crippen molar-refractivity contribution in [1.82, 2.24) is 0 Å². The molecule has 0 saturated carbocycles. The van der Waals surface area contributed by atoms with Crippen molar-refractivity contribution in [3.63, 3.8) is 0 Å². The Morgan fingerprint density at radius 1 is 1.14 bits per heavy atom. The highest BCUT2D eigenvalue weighted by Gasteiger charge is 2.10. The quantitative estimate of drug-likeness (QED) is 0.757. The Kier molecular flexibility index (Phi) is 2.44. The molecular formula is C12H11ClO. The van der Waals surface area contributed by atoms with Gasteiger partial charge in [0.2, 0.25) is 0 Å². The molecule has 0 amide bonds. The number of aliphatic hydroxyl groups excluding tert-OH is 1. The van der Waals surface area contributed by atoms with Gasteiger partial charge in [-0.3, -0.25) is 0 Å². The summed E-state index contributed by atoms with van der Waals surface area (Å²) in [6, 6.07) is 11.7. The zero-order valence-electron chi connectivity index (χ0n) is 7.87. The van der Waals surface area contributed by atoms with Crippen LogP contribution in [0.15, 0.2) is 36.4 Å². The molecule has 0 spiro atoms. The van der Waals surface area contributed by atoms with Gasteiger partial charge in [-0.25, -0.2) is 0 Å². The number of hydrogen-bond acceptors (Lipinski definition) is 1. The number of aliphatic hydroxyl groups is 1. The van der Waals surface area contributed by atoms with Crippen molar-refractivity contribution in [3.05, 3.63) is 47.0 Å². The van der Waals surface area contributed by atoms with Gasteiger partial charge in [0.25, 0.3) is 0 Å². The highest BCUT2D eigenvalue weighted by atomic mass is 35.5. The molecule has 0 aliphatic heterocycles. The molecule has 0 fully saturated rings. The summed E-state index contributed by atoms with van der Waals surface area (Å²) in [6.07, 6.45) is -0.534. The fraction of sp³-hybridized carbons (Fsp3) is 0.167. The van der Waals surface area contributed by atoms with Gasteiger partial charge in [0, 0.05) is 10.6 Å². The summed E-state index contributed by atoms with van der Waals surface area (Å²) >= 11 is 6.04. The first kappa shape index (κ1) is 9.50. The van der Waals surface area contributed by atoms with E-state index in [1.54, 1.807) is 6.92 Å². The highest BCUT2D eigenvalue weighted by molar-refractivity contribution is 6.32. The standard InChI is InChI=1S/C12H11ClO/c1-8(14)12-10-5-3-2-4-9(10)6-7-11(12)13/h2-8,14H,1H3/t8-/m1/s1. The SMILES string of the molecule is C[C@@H](O)c1c(Cl)ccc2ccccc12. The molecule has 0 bridgehead atoms. The Balaban J connectivity index is 2.83. The second-order valence-corrected chi connectivity index (χ2v) is 3.77. The van der Waals surface area contributed by atoms with Gasteiger partial charge in [0.15, 0.2) is 0 Å². The maximum absolute atomic E-state index is 9.62. The van der Waals surface area contributed by atoms with E-state index in [9.17, 15) is 5.11 Å². The van der Waals surface area contributed by atoms with Crippen LogP contribution in [-0.2, 0) is 0 Å². The molecule has 0 heterocycles. The molecule has 2 aromatic rings. The minimum atomic E-state index is -0.534. The van der Waals surface area contributed by atoms with Crippen molar-refractivity contribution < 1.29 is 5.11 Å². The van der Waals surface area contributed by atoms with Crippen LogP contribution in [0.2, 0.25) is 5.02 Å². The Bertz CT molecular complexity index is 463. The molecule has 1 nitrogen and oxygen atoms in total. The van der Waals surface area contributed by atoms with Crippen LogP contribution < -0.4 is 0 Å². The van der Waals surface area contributed by atoms with E-state index < -0.39 is 6.10 Å². The van der Waals surface area contributed by atoms with Crippen LogP contribution in [0.25, 0.3) is 10.8 Å². The van der Waals surface area contributed by atoms with Crippen LogP contribution >= 0.6 is 11.6 Å². The highest BCUT2D eigenvalue weighted by Crippen LogP contribution is 2.30. The molecule has 2 aromatic carbocycles. The van der Waals surface area contributed by atoms with Crippen molar-refractivity contribution in [2.45, 2.75) is 13.0 Å². The average Bonchev–Trinajstić information content (AvgIpc) is 2.17. The fourth-order valence-corrected chi connectivity index (χ4v) is 2.02.